The normalized spacial score (nSPS) is 19.3. The van der Waals surface area contributed by atoms with Crippen LogP contribution in [0.5, 0.6) is 0 Å². The van der Waals surface area contributed by atoms with E-state index < -0.39 is 0 Å². The molecular formula is C17H28ClN3. The summed E-state index contributed by atoms with van der Waals surface area (Å²) < 4.78 is 0. The molecule has 0 saturated carbocycles. The van der Waals surface area contributed by atoms with Crippen molar-refractivity contribution >= 4 is 17.3 Å². The highest BCUT2D eigenvalue weighted by atomic mass is 35.5. The van der Waals surface area contributed by atoms with Crippen LogP contribution in [0.25, 0.3) is 0 Å². The Balaban J connectivity index is 2.09. The van der Waals surface area contributed by atoms with Gasteiger partial charge in [0.15, 0.2) is 0 Å². The van der Waals surface area contributed by atoms with Gasteiger partial charge in [-0.05, 0) is 38.6 Å². The summed E-state index contributed by atoms with van der Waals surface area (Å²) in [7, 11) is 2.20. The molecule has 3 nitrogen and oxygen atoms in total. The number of hydrogen-bond acceptors (Lipinski definition) is 3. The van der Waals surface area contributed by atoms with Gasteiger partial charge < -0.3 is 10.2 Å². The summed E-state index contributed by atoms with van der Waals surface area (Å²) in [6.45, 7) is 12.9. The summed E-state index contributed by atoms with van der Waals surface area (Å²) in [4.78, 5) is 4.86. The molecule has 0 aliphatic carbocycles. The average Bonchev–Trinajstić information content (AvgIpc) is 2.40. The summed E-state index contributed by atoms with van der Waals surface area (Å²) >= 11 is 6.45. The zero-order valence-corrected chi connectivity index (χ0v) is 14.7. The van der Waals surface area contributed by atoms with E-state index in [1.54, 1.807) is 0 Å². The second kappa shape index (κ2) is 6.55. The maximum atomic E-state index is 6.45. The number of hydrogen-bond donors (Lipinski definition) is 1. The smallest absolute Gasteiger partial charge is 0.0471 e. The Morgan fingerprint density at radius 2 is 2.00 bits per heavy atom. The van der Waals surface area contributed by atoms with E-state index in [0.717, 1.165) is 31.2 Å². The molecule has 0 amide bonds. The van der Waals surface area contributed by atoms with Gasteiger partial charge in [0.05, 0.1) is 0 Å². The molecule has 1 aliphatic heterocycles. The van der Waals surface area contributed by atoms with Crippen LogP contribution in [0.1, 0.15) is 33.3 Å². The number of anilines is 1. The Hall–Kier alpha value is -0.770. The SMILES string of the molecule is CC(C)NCc1ccc(N2CCN(C)C(C)(C)C2)cc1Cl. The van der Waals surface area contributed by atoms with Crippen LogP contribution in [-0.2, 0) is 6.54 Å². The van der Waals surface area contributed by atoms with Crippen molar-refractivity contribution < 1.29 is 0 Å². The van der Waals surface area contributed by atoms with Gasteiger partial charge in [0.25, 0.3) is 0 Å². The van der Waals surface area contributed by atoms with Gasteiger partial charge in [-0.25, -0.2) is 0 Å². The third kappa shape index (κ3) is 4.12. The predicted octanol–water partition coefficient (Wildman–Crippen LogP) is 3.37. The average molecular weight is 310 g/mol. The standard InChI is InChI=1S/C17H28ClN3/c1-13(2)19-11-14-6-7-15(10-16(14)18)21-9-8-20(5)17(3,4)12-21/h6-7,10,13,19H,8-9,11-12H2,1-5H3. The molecule has 1 heterocycles. The van der Waals surface area contributed by atoms with Gasteiger partial charge in [-0.3, -0.25) is 4.90 Å². The van der Waals surface area contributed by atoms with E-state index in [9.17, 15) is 0 Å². The molecular weight excluding hydrogens is 282 g/mol. The molecule has 1 fully saturated rings. The number of likely N-dealkylation sites (N-methyl/N-ethyl adjacent to an activating group) is 1. The fourth-order valence-electron chi connectivity index (χ4n) is 2.65. The molecule has 1 aromatic carbocycles. The lowest BCUT2D eigenvalue weighted by Gasteiger charge is -2.46. The quantitative estimate of drug-likeness (QED) is 0.920. The molecule has 118 valence electrons. The first-order valence-electron chi connectivity index (χ1n) is 7.77. The van der Waals surface area contributed by atoms with Gasteiger partial charge >= 0.3 is 0 Å². The zero-order valence-electron chi connectivity index (χ0n) is 13.9. The molecule has 21 heavy (non-hydrogen) atoms. The minimum atomic E-state index is 0.197. The second-order valence-electron chi connectivity index (χ2n) is 6.97. The van der Waals surface area contributed by atoms with Crippen molar-refractivity contribution in [3.8, 4) is 0 Å². The molecule has 0 radical (unpaired) electrons. The Bertz CT molecular complexity index is 485. The predicted molar refractivity (Wildman–Crippen MR) is 92.3 cm³/mol. The van der Waals surface area contributed by atoms with Gasteiger partial charge in [-0.1, -0.05) is 31.5 Å². The van der Waals surface area contributed by atoms with E-state index in [1.807, 2.05) is 0 Å². The number of nitrogens with one attached hydrogen (secondary N) is 1. The molecule has 0 unspecified atom stereocenters. The number of rotatable bonds is 4. The third-order valence-electron chi connectivity index (χ3n) is 4.42. The van der Waals surface area contributed by atoms with Crippen LogP contribution in [-0.4, -0.2) is 43.2 Å². The molecule has 2 rings (SSSR count). The van der Waals surface area contributed by atoms with Crippen LogP contribution in [0, 0.1) is 0 Å². The minimum absolute atomic E-state index is 0.197. The maximum Gasteiger partial charge on any atom is 0.0471 e. The van der Waals surface area contributed by atoms with Gasteiger partial charge in [0.2, 0.25) is 0 Å². The van der Waals surface area contributed by atoms with E-state index in [0.29, 0.717) is 6.04 Å². The van der Waals surface area contributed by atoms with Crippen molar-refractivity contribution in [2.24, 2.45) is 0 Å². The van der Waals surface area contributed by atoms with Gasteiger partial charge in [0.1, 0.15) is 0 Å². The van der Waals surface area contributed by atoms with Crippen molar-refractivity contribution in [1.29, 1.82) is 0 Å². The fraction of sp³-hybridized carbons (Fsp3) is 0.647. The first kappa shape index (κ1) is 16.6. The monoisotopic (exact) mass is 309 g/mol. The summed E-state index contributed by atoms with van der Waals surface area (Å²) in [6.07, 6.45) is 0. The highest BCUT2D eigenvalue weighted by Crippen LogP contribution is 2.28. The maximum absolute atomic E-state index is 6.45. The lowest BCUT2D eigenvalue weighted by Crippen LogP contribution is -2.57. The molecule has 1 aliphatic rings. The lowest BCUT2D eigenvalue weighted by molar-refractivity contribution is 0.139. The molecule has 1 saturated heterocycles. The molecule has 4 heteroatoms. The van der Waals surface area contributed by atoms with Crippen LogP contribution in [0.2, 0.25) is 5.02 Å². The van der Waals surface area contributed by atoms with Crippen LogP contribution in [0.15, 0.2) is 18.2 Å². The Kier molecular flexibility index (Phi) is 5.18. The zero-order chi connectivity index (χ0) is 15.6. The van der Waals surface area contributed by atoms with Crippen LogP contribution >= 0.6 is 11.6 Å². The topological polar surface area (TPSA) is 18.5 Å². The first-order chi connectivity index (χ1) is 9.79. The van der Waals surface area contributed by atoms with Crippen molar-refractivity contribution in [2.75, 3.05) is 31.6 Å². The number of piperazine rings is 1. The highest BCUT2D eigenvalue weighted by Gasteiger charge is 2.31. The first-order valence-corrected chi connectivity index (χ1v) is 8.15. The molecule has 0 spiro atoms. The van der Waals surface area contributed by atoms with Crippen LogP contribution < -0.4 is 10.2 Å². The van der Waals surface area contributed by atoms with Crippen LogP contribution in [0.4, 0.5) is 5.69 Å². The number of nitrogens with zero attached hydrogens (tertiary/aromatic N) is 2. The Morgan fingerprint density at radius 1 is 1.29 bits per heavy atom. The van der Waals surface area contributed by atoms with Crippen LogP contribution in [0.3, 0.4) is 0 Å². The largest absolute Gasteiger partial charge is 0.368 e. The molecule has 1 aromatic rings. The number of benzene rings is 1. The van der Waals surface area contributed by atoms with Gasteiger partial charge in [0, 0.05) is 48.5 Å². The van der Waals surface area contributed by atoms with E-state index in [-0.39, 0.29) is 5.54 Å². The molecule has 0 atom stereocenters. The molecule has 1 N–H and O–H groups in total. The summed E-state index contributed by atoms with van der Waals surface area (Å²) in [6, 6.07) is 6.93. The van der Waals surface area contributed by atoms with Crippen molar-refractivity contribution in [3.63, 3.8) is 0 Å². The number of halogens is 1. The summed E-state index contributed by atoms with van der Waals surface area (Å²) in [5, 5.41) is 4.27. The van der Waals surface area contributed by atoms with Crippen molar-refractivity contribution in [1.82, 2.24) is 10.2 Å². The fourth-order valence-corrected chi connectivity index (χ4v) is 2.89. The van der Waals surface area contributed by atoms with E-state index >= 15 is 0 Å². The summed E-state index contributed by atoms with van der Waals surface area (Å²) in [5.74, 6) is 0. The van der Waals surface area contributed by atoms with E-state index in [2.05, 4.69) is 68.1 Å². The highest BCUT2D eigenvalue weighted by molar-refractivity contribution is 6.31. The van der Waals surface area contributed by atoms with E-state index in [1.165, 1.54) is 11.3 Å². The summed E-state index contributed by atoms with van der Waals surface area (Å²) in [5.41, 5.74) is 2.60. The molecule has 0 bridgehead atoms. The Morgan fingerprint density at radius 3 is 2.57 bits per heavy atom. The minimum Gasteiger partial charge on any atom is -0.368 e. The second-order valence-corrected chi connectivity index (χ2v) is 7.37. The van der Waals surface area contributed by atoms with Crippen molar-refractivity contribution in [2.45, 2.75) is 45.8 Å². The third-order valence-corrected chi connectivity index (χ3v) is 4.77. The van der Waals surface area contributed by atoms with Gasteiger partial charge in [-0.15, -0.1) is 0 Å². The lowest BCUT2D eigenvalue weighted by atomic mass is 9.99. The van der Waals surface area contributed by atoms with Crippen molar-refractivity contribution in [3.05, 3.63) is 28.8 Å². The van der Waals surface area contributed by atoms with Gasteiger partial charge in [-0.2, -0.15) is 0 Å². The van der Waals surface area contributed by atoms with E-state index in [4.69, 9.17) is 11.6 Å². The Labute approximate surface area is 134 Å². The molecule has 0 aromatic heterocycles.